The van der Waals surface area contributed by atoms with Gasteiger partial charge in [-0.1, -0.05) is 30.3 Å². The van der Waals surface area contributed by atoms with E-state index in [0.29, 0.717) is 18.4 Å². The van der Waals surface area contributed by atoms with E-state index >= 15 is 0 Å². The fourth-order valence-electron chi connectivity index (χ4n) is 3.63. The van der Waals surface area contributed by atoms with Gasteiger partial charge >= 0.3 is 0 Å². The minimum absolute atomic E-state index is 0.140. The molecule has 1 unspecified atom stereocenters. The standard InChI is InChI=1S/C23H26N4O2/c1-24-19-8-5-12-26(16-19)22-10-9-20(15-25-22)27-13-11-21(14-23(27)28)29-17-18-6-3-2-4-7-18/h2-4,6-7,9-11,13-15,19,24H,5,8,12,16-17H2,1H3. The number of nitrogens with one attached hydrogen (secondary N) is 1. The van der Waals surface area contributed by atoms with Crippen LogP contribution < -0.4 is 20.5 Å². The van der Waals surface area contributed by atoms with Crippen molar-refractivity contribution in [2.24, 2.45) is 0 Å². The van der Waals surface area contributed by atoms with Gasteiger partial charge in [-0.3, -0.25) is 9.36 Å². The Hall–Kier alpha value is -3.12. The molecule has 0 spiro atoms. The lowest BCUT2D eigenvalue weighted by atomic mass is 10.1. The van der Waals surface area contributed by atoms with E-state index in [0.717, 1.165) is 36.6 Å². The number of ether oxygens (including phenoxy) is 1. The predicted octanol–water partition coefficient (Wildman–Crippen LogP) is 3.00. The van der Waals surface area contributed by atoms with Crippen molar-refractivity contribution < 1.29 is 4.74 Å². The number of aromatic nitrogens is 2. The number of pyridine rings is 2. The average Bonchev–Trinajstić information content (AvgIpc) is 2.79. The highest BCUT2D eigenvalue weighted by Crippen LogP contribution is 2.19. The maximum absolute atomic E-state index is 12.6. The van der Waals surface area contributed by atoms with Crippen LogP contribution in [0, 0.1) is 0 Å². The molecule has 0 radical (unpaired) electrons. The van der Waals surface area contributed by atoms with Crippen molar-refractivity contribution in [3.8, 4) is 11.4 Å². The zero-order valence-electron chi connectivity index (χ0n) is 16.6. The minimum Gasteiger partial charge on any atom is -0.489 e. The summed E-state index contributed by atoms with van der Waals surface area (Å²) in [7, 11) is 2.00. The smallest absolute Gasteiger partial charge is 0.258 e. The highest BCUT2D eigenvalue weighted by molar-refractivity contribution is 5.44. The summed E-state index contributed by atoms with van der Waals surface area (Å²) in [5, 5.41) is 3.35. The first kappa shape index (κ1) is 19.2. The van der Waals surface area contributed by atoms with Crippen LogP contribution in [-0.4, -0.2) is 35.7 Å². The molecule has 1 fully saturated rings. The van der Waals surface area contributed by atoms with Crippen molar-refractivity contribution in [1.82, 2.24) is 14.9 Å². The van der Waals surface area contributed by atoms with Crippen LogP contribution >= 0.6 is 0 Å². The maximum atomic E-state index is 12.6. The van der Waals surface area contributed by atoms with Gasteiger partial charge in [0, 0.05) is 31.4 Å². The molecule has 1 aliphatic rings. The van der Waals surface area contributed by atoms with E-state index in [2.05, 4.69) is 15.2 Å². The molecular weight excluding hydrogens is 364 g/mol. The summed E-state index contributed by atoms with van der Waals surface area (Å²) in [4.78, 5) is 19.4. The Balaban J connectivity index is 1.45. The first-order valence-corrected chi connectivity index (χ1v) is 10.0. The summed E-state index contributed by atoms with van der Waals surface area (Å²) in [6.07, 6.45) is 5.83. The maximum Gasteiger partial charge on any atom is 0.258 e. The van der Waals surface area contributed by atoms with Gasteiger partial charge in [-0.25, -0.2) is 4.98 Å². The van der Waals surface area contributed by atoms with Crippen molar-refractivity contribution in [2.75, 3.05) is 25.0 Å². The lowest BCUT2D eigenvalue weighted by molar-refractivity contribution is 0.305. The summed E-state index contributed by atoms with van der Waals surface area (Å²) in [5.41, 5.74) is 1.67. The number of anilines is 1. The van der Waals surface area contributed by atoms with E-state index in [1.165, 1.54) is 12.5 Å². The first-order chi connectivity index (χ1) is 14.2. The number of rotatable bonds is 6. The van der Waals surface area contributed by atoms with Gasteiger partial charge in [-0.15, -0.1) is 0 Å². The molecule has 3 aromatic rings. The summed E-state index contributed by atoms with van der Waals surface area (Å²) >= 11 is 0. The molecule has 6 heteroatoms. The van der Waals surface area contributed by atoms with E-state index in [1.54, 1.807) is 23.0 Å². The van der Waals surface area contributed by atoms with Crippen molar-refractivity contribution in [2.45, 2.75) is 25.5 Å². The van der Waals surface area contributed by atoms with Crippen LogP contribution in [0.1, 0.15) is 18.4 Å². The van der Waals surface area contributed by atoms with Gasteiger partial charge in [0.1, 0.15) is 18.2 Å². The highest BCUT2D eigenvalue weighted by atomic mass is 16.5. The third kappa shape index (κ3) is 4.66. The Labute approximate surface area is 170 Å². The predicted molar refractivity (Wildman–Crippen MR) is 115 cm³/mol. The Morgan fingerprint density at radius 1 is 1.17 bits per heavy atom. The Bertz CT molecular complexity index is 986. The molecule has 1 aliphatic heterocycles. The normalized spacial score (nSPS) is 16.6. The van der Waals surface area contributed by atoms with Crippen LogP contribution in [0.3, 0.4) is 0 Å². The SMILES string of the molecule is CNC1CCCN(c2ccc(-n3ccc(OCc4ccccc4)cc3=O)cn2)C1. The largest absolute Gasteiger partial charge is 0.489 e. The average molecular weight is 390 g/mol. The second-order valence-corrected chi connectivity index (χ2v) is 7.29. The molecule has 2 aromatic heterocycles. The number of piperidine rings is 1. The van der Waals surface area contributed by atoms with E-state index in [4.69, 9.17) is 4.74 Å². The van der Waals surface area contributed by atoms with Crippen molar-refractivity contribution in [3.63, 3.8) is 0 Å². The van der Waals surface area contributed by atoms with E-state index in [-0.39, 0.29) is 5.56 Å². The molecule has 1 N–H and O–H groups in total. The van der Waals surface area contributed by atoms with Crippen LogP contribution in [0.5, 0.6) is 5.75 Å². The van der Waals surface area contributed by atoms with Crippen LogP contribution in [0.4, 0.5) is 5.82 Å². The zero-order valence-corrected chi connectivity index (χ0v) is 16.6. The fraction of sp³-hybridized carbons (Fsp3) is 0.304. The number of hydrogen-bond donors (Lipinski definition) is 1. The van der Waals surface area contributed by atoms with Gasteiger partial charge in [0.05, 0.1) is 11.9 Å². The summed E-state index contributed by atoms with van der Waals surface area (Å²) in [6.45, 7) is 2.40. The summed E-state index contributed by atoms with van der Waals surface area (Å²) in [5.74, 6) is 1.51. The van der Waals surface area contributed by atoms with E-state index in [9.17, 15) is 4.79 Å². The number of likely N-dealkylation sites (N-methyl/N-ethyl adjacent to an activating group) is 1. The van der Waals surface area contributed by atoms with Gasteiger partial charge < -0.3 is 15.0 Å². The lowest BCUT2D eigenvalue weighted by Crippen LogP contribution is -2.44. The number of benzene rings is 1. The fourth-order valence-corrected chi connectivity index (χ4v) is 3.63. The third-order valence-corrected chi connectivity index (χ3v) is 5.30. The number of hydrogen-bond acceptors (Lipinski definition) is 5. The molecule has 0 saturated carbocycles. The van der Waals surface area contributed by atoms with Crippen molar-refractivity contribution in [1.29, 1.82) is 0 Å². The molecule has 29 heavy (non-hydrogen) atoms. The topological polar surface area (TPSA) is 59.4 Å². The van der Waals surface area contributed by atoms with Gasteiger partial charge in [0.15, 0.2) is 0 Å². The molecule has 0 amide bonds. The molecular formula is C23H26N4O2. The van der Waals surface area contributed by atoms with Gasteiger partial charge in [0.2, 0.25) is 0 Å². The van der Waals surface area contributed by atoms with Gasteiger partial charge in [-0.05, 0) is 43.7 Å². The Kier molecular flexibility index (Phi) is 5.91. The first-order valence-electron chi connectivity index (χ1n) is 10.0. The summed E-state index contributed by atoms with van der Waals surface area (Å²) in [6, 6.07) is 17.6. The highest BCUT2D eigenvalue weighted by Gasteiger charge is 2.19. The third-order valence-electron chi connectivity index (χ3n) is 5.30. The van der Waals surface area contributed by atoms with Gasteiger partial charge in [-0.2, -0.15) is 0 Å². The molecule has 4 rings (SSSR count). The quantitative estimate of drug-likeness (QED) is 0.701. The Morgan fingerprint density at radius 3 is 2.76 bits per heavy atom. The van der Waals surface area contributed by atoms with Crippen LogP contribution in [0.15, 0.2) is 71.8 Å². The zero-order chi connectivity index (χ0) is 20.1. The van der Waals surface area contributed by atoms with Crippen molar-refractivity contribution >= 4 is 5.82 Å². The van der Waals surface area contributed by atoms with Crippen LogP contribution in [0.25, 0.3) is 5.69 Å². The molecule has 3 heterocycles. The molecule has 6 nitrogen and oxygen atoms in total. The molecule has 0 bridgehead atoms. The molecule has 150 valence electrons. The Morgan fingerprint density at radius 2 is 2.03 bits per heavy atom. The van der Waals surface area contributed by atoms with Crippen LogP contribution in [0.2, 0.25) is 0 Å². The molecule has 1 saturated heterocycles. The second kappa shape index (κ2) is 8.92. The van der Waals surface area contributed by atoms with Crippen LogP contribution in [-0.2, 0) is 6.61 Å². The summed E-state index contributed by atoms with van der Waals surface area (Å²) < 4.78 is 7.32. The number of nitrogens with zero attached hydrogens (tertiary/aromatic N) is 3. The second-order valence-electron chi connectivity index (χ2n) is 7.29. The van der Waals surface area contributed by atoms with E-state index in [1.807, 2.05) is 49.5 Å². The van der Waals surface area contributed by atoms with Gasteiger partial charge in [0.25, 0.3) is 5.56 Å². The molecule has 1 atom stereocenters. The lowest BCUT2D eigenvalue weighted by Gasteiger charge is -2.33. The minimum atomic E-state index is -0.140. The van der Waals surface area contributed by atoms with E-state index < -0.39 is 0 Å². The molecule has 1 aromatic carbocycles. The molecule has 0 aliphatic carbocycles. The van der Waals surface area contributed by atoms with Crippen molar-refractivity contribution in [3.05, 3.63) is 82.9 Å². The monoisotopic (exact) mass is 390 g/mol.